The topological polar surface area (TPSA) is 110 Å². The van der Waals surface area contributed by atoms with E-state index in [4.69, 9.17) is 4.74 Å². The Labute approximate surface area is 300 Å². The van der Waals surface area contributed by atoms with E-state index < -0.39 is 11.6 Å². The van der Waals surface area contributed by atoms with Crippen LogP contribution in [0.25, 0.3) is 21.9 Å². The van der Waals surface area contributed by atoms with Gasteiger partial charge < -0.3 is 23.7 Å². The largest absolute Gasteiger partial charge is 0.375 e. The maximum Gasteiger partial charge on any atom is 0.259 e. The summed E-state index contributed by atoms with van der Waals surface area (Å²) in [6.07, 6.45) is 10.3. The molecular formula is C39H44F2N6O5. The summed E-state index contributed by atoms with van der Waals surface area (Å²) in [6, 6.07) is 7.74. The molecule has 0 atom stereocenters. The summed E-state index contributed by atoms with van der Waals surface area (Å²) >= 11 is 0. The van der Waals surface area contributed by atoms with Gasteiger partial charge in [-0.3, -0.25) is 29.1 Å². The number of aryl methyl sites for hydroxylation is 1. The standard InChI is InChI=1S/C39H44F2N6O5/c1-43-25-34(31-4-10-42-22-33(31)39(43)51)32-21-35(40)27(19-36(32)41)23-45-14-8-30(9-15-45)52-29-6-12-44(13-7-29)17-18-46-11-2-3-26(38(46)50)24-47-16-5-28(48)20-37(47)49/h2-4,10-11,19,21-22,25,29-30H,5-9,12-18,20,23-24H2,1H3. The van der Waals surface area contributed by atoms with Gasteiger partial charge in [0.25, 0.3) is 11.1 Å². The number of aromatic nitrogens is 3. The van der Waals surface area contributed by atoms with Crippen molar-refractivity contribution in [3.8, 4) is 11.1 Å². The van der Waals surface area contributed by atoms with Gasteiger partial charge >= 0.3 is 0 Å². The Morgan fingerprint density at radius 2 is 1.52 bits per heavy atom. The fraction of sp³-hybridized carbons (Fsp3) is 0.462. The number of ketones is 1. The van der Waals surface area contributed by atoms with Gasteiger partial charge in [-0.05, 0) is 55.3 Å². The van der Waals surface area contributed by atoms with Crippen molar-refractivity contribution in [1.29, 1.82) is 0 Å². The van der Waals surface area contributed by atoms with E-state index in [9.17, 15) is 19.2 Å². The molecule has 0 spiro atoms. The van der Waals surface area contributed by atoms with Crippen LogP contribution in [-0.2, 0) is 41.0 Å². The van der Waals surface area contributed by atoms with E-state index in [1.807, 2.05) is 6.07 Å². The number of hydrogen-bond acceptors (Lipinski definition) is 8. The number of carbonyl (C=O) groups excluding carboxylic acids is 2. The molecule has 1 aromatic carbocycles. The van der Waals surface area contributed by atoms with Gasteiger partial charge in [-0.2, -0.15) is 0 Å². The first-order chi connectivity index (χ1) is 25.1. The summed E-state index contributed by atoms with van der Waals surface area (Å²) < 4.78 is 40.5. The third-order valence-corrected chi connectivity index (χ3v) is 10.7. The van der Waals surface area contributed by atoms with Crippen LogP contribution in [0.4, 0.5) is 8.78 Å². The molecule has 13 heteroatoms. The van der Waals surface area contributed by atoms with Crippen LogP contribution < -0.4 is 11.1 Å². The summed E-state index contributed by atoms with van der Waals surface area (Å²) in [5.74, 6) is -1.29. The molecule has 3 saturated heterocycles. The number of nitrogens with zero attached hydrogens (tertiary/aromatic N) is 6. The Morgan fingerprint density at radius 1 is 0.788 bits per heavy atom. The summed E-state index contributed by atoms with van der Waals surface area (Å²) in [4.78, 5) is 59.5. The Balaban J connectivity index is 0.864. The van der Waals surface area contributed by atoms with Crippen molar-refractivity contribution in [2.24, 2.45) is 7.05 Å². The van der Waals surface area contributed by atoms with Gasteiger partial charge in [0.15, 0.2) is 0 Å². The summed E-state index contributed by atoms with van der Waals surface area (Å²) in [6.45, 7) is 5.38. The Bertz CT molecular complexity index is 2080. The molecule has 0 bridgehead atoms. The maximum absolute atomic E-state index is 15.5. The fourth-order valence-corrected chi connectivity index (χ4v) is 7.69. The first kappa shape index (κ1) is 35.8. The van der Waals surface area contributed by atoms with Crippen LogP contribution in [0.1, 0.15) is 49.7 Å². The van der Waals surface area contributed by atoms with E-state index in [1.54, 1.807) is 34.8 Å². The van der Waals surface area contributed by atoms with E-state index in [0.717, 1.165) is 58.4 Å². The van der Waals surface area contributed by atoms with Crippen molar-refractivity contribution >= 4 is 22.5 Å². The Kier molecular flexibility index (Phi) is 10.7. The van der Waals surface area contributed by atoms with Crippen molar-refractivity contribution in [2.75, 3.05) is 39.3 Å². The van der Waals surface area contributed by atoms with Crippen LogP contribution in [0.15, 0.2) is 64.7 Å². The molecule has 0 aliphatic carbocycles. The van der Waals surface area contributed by atoms with Crippen molar-refractivity contribution < 1.29 is 23.1 Å². The average molecular weight is 715 g/mol. The Hall–Kier alpha value is -4.59. The first-order valence-corrected chi connectivity index (χ1v) is 18.1. The zero-order valence-electron chi connectivity index (χ0n) is 29.4. The minimum atomic E-state index is -0.538. The molecule has 0 unspecified atom stereocenters. The molecule has 3 fully saturated rings. The molecule has 3 aliphatic rings. The second kappa shape index (κ2) is 15.6. The minimum absolute atomic E-state index is 0.0501. The number of piperidine rings is 3. The predicted octanol–water partition coefficient (Wildman–Crippen LogP) is 3.88. The van der Waals surface area contributed by atoms with Gasteiger partial charge in [-0.1, -0.05) is 6.07 Å². The van der Waals surface area contributed by atoms with E-state index >= 15 is 8.78 Å². The number of benzene rings is 1. The SMILES string of the molecule is Cn1cc(-c2cc(F)c(CN3CCC(OC4CCN(CCn5cccc(CN6CCC(=O)CC6=O)c5=O)CC4)CC3)cc2F)c2ccncc2c1=O. The van der Waals surface area contributed by atoms with Crippen LogP contribution in [0, 0.1) is 11.6 Å². The number of rotatable bonds is 10. The van der Waals surface area contributed by atoms with Crippen LogP contribution in [0.3, 0.4) is 0 Å². The van der Waals surface area contributed by atoms with Gasteiger partial charge in [-0.25, -0.2) is 8.78 Å². The second-order valence-electron chi connectivity index (χ2n) is 14.3. The highest BCUT2D eigenvalue weighted by molar-refractivity contribution is 6.00. The normalized spacial score (nSPS) is 18.5. The molecule has 11 nitrogen and oxygen atoms in total. The van der Waals surface area contributed by atoms with Gasteiger partial charge in [0.2, 0.25) is 5.91 Å². The molecular weight excluding hydrogens is 670 g/mol. The molecule has 0 radical (unpaired) electrons. The van der Waals surface area contributed by atoms with E-state index in [0.29, 0.717) is 53.5 Å². The number of fused-ring (bicyclic) bond motifs is 1. The Morgan fingerprint density at radius 3 is 2.25 bits per heavy atom. The van der Waals surface area contributed by atoms with Crippen LogP contribution in [0.2, 0.25) is 0 Å². The van der Waals surface area contributed by atoms with Gasteiger partial charge in [0.1, 0.15) is 17.4 Å². The van der Waals surface area contributed by atoms with Crippen molar-refractivity contribution in [3.05, 3.63) is 98.6 Å². The van der Waals surface area contributed by atoms with Crippen molar-refractivity contribution in [1.82, 2.24) is 28.8 Å². The lowest BCUT2D eigenvalue weighted by atomic mass is 9.99. The molecule has 3 aliphatic heterocycles. The number of likely N-dealkylation sites (tertiary alicyclic amines) is 3. The van der Waals surface area contributed by atoms with Crippen LogP contribution >= 0.6 is 0 Å². The molecule has 4 aromatic rings. The van der Waals surface area contributed by atoms with Crippen LogP contribution in [-0.4, -0.2) is 92.0 Å². The lowest BCUT2D eigenvalue weighted by Crippen LogP contribution is -2.43. The molecule has 0 saturated carbocycles. The lowest BCUT2D eigenvalue weighted by Gasteiger charge is -2.37. The number of pyridine rings is 3. The highest BCUT2D eigenvalue weighted by atomic mass is 19.1. The van der Waals surface area contributed by atoms with Crippen molar-refractivity contribution in [2.45, 2.75) is 70.4 Å². The molecule has 0 N–H and O–H groups in total. The van der Waals surface area contributed by atoms with Gasteiger partial charge in [0, 0.05) is 113 Å². The molecule has 7 rings (SSSR count). The number of amides is 1. The summed E-state index contributed by atoms with van der Waals surface area (Å²) in [5.41, 5.74) is 1.06. The maximum atomic E-state index is 15.5. The number of Topliss-reactive ketones (excluding diaryl/α,β-unsaturated/α-hetero) is 1. The van der Waals surface area contributed by atoms with Crippen molar-refractivity contribution in [3.63, 3.8) is 0 Å². The quantitative estimate of drug-likeness (QED) is 0.228. The zero-order chi connectivity index (χ0) is 36.4. The number of carbonyl (C=O) groups is 2. The average Bonchev–Trinajstić information content (AvgIpc) is 3.14. The van der Waals surface area contributed by atoms with Gasteiger partial charge in [-0.15, -0.1) is 0 Å². The number of hydrogen-bond donors (Lipinski definition) is 0. The molecule has 1 amide bonds. The highest BCUT2D eigenvalue weighted by Crippen LogP contribution is 2.31. The first-order valence-electron chi connectivity index (χ1n) is 18.1. The third-order valence-electron chi connectivity index (χ3n) is 10.7. The fourth-order valence-electron chi connectivity index (χ4n) is 7.69. The lowest BCUT2D eigenvalue weighted by molar-refractivity contribution is -0.139. The highest BCUT2D eigenvalue weighted by Gasteiger charge is 2.28. The third kappa shape index (κ3) is 7.91. The second-order valence-corrected chi connectivity index (χ2v) is 14.3. The molecule has 52 heavy (non-hydrogen) atoms. The summed E-state index contributed by atoms with van der Waals surface area (Å²) in [7, 11) is 1.58. The number of halogens is 2. The van der Waals surface area contributed by atoms with E-state index in [1.165, 1.54) is 35.3 Å². The summed E-state index contributed by atoms with van der Waals surface area (Å²) in [5, 5.41) is 0.878. The smallest absolute Gasteiger partial charge is 0.259 e. The van der Waals surface area contributed by atoms with Crippen LogP contribution in [0.5, 0.6) is 0 Å². The molecule has 274 valence electrons. The molecule has 3 aromatic heterocycles. The molecule has 6 heterocycles. The predicted molar refractivity (Wildman–Crippen MR) is 192 cm³/mol. The zero-order valence-corrected chi connectivity index (χ0v) is 29.4. The number of ether oxygens (including phenoxy) is 1. The van der Waals surface area contributed by atoms with Gasteiger partial charge in [0.05, 0.1) is 30.6 Å². The van der Waals surface area contributed by atoms with E-state index in [2.05, 4.69) is 14.8 Å². The minimum Gasteiger partial charge on any atom is -0.375 e. The monoisotopic (exact) mass is 714 g/mol. The van der Waals surface area contributed by atoms with E-state index in [-0.39, 0.29) is 53.5 Å².